The minimum Gasteiger partial charge on any atom is -0.478 e. The average Bonchev–Trinajstić information content (AvgIpc) is 2.28. The summed E-state index contributed by atoms with van der Waals surface area (Å²) < 4.78 is 0. The molecule has 2 aromatic carbocycles. The third-order valence-corrected chi connectivity index (χ3v) is 2.55. The predicted molar refractivity (Wildman–Crippen MR) is 61.7 cm³/mol. The van der Waals surface area contributed by atoms with Gasteiger partial charge in [0.25, 0.3) is 0 Å². The maximum absolute atomic E-state index is 10.8. The molecule has 0 saturated heterocycles. The van der Waals surface area contributed by atoms with Gasteiger partial charge in [-0.1, -0.05) is 24.3 Å². The fourth-order valence-electron chi connectivity index (χ4n) is 1.71. The molecule has 0 heterocycles. The Labute approximate surface area is 93.0 Å². The number of carboxylic acids is 1. The van der Waals surface area contributed by atoms with Crippen LogP contribution in [0, 0.1) is 0 Å². The Morgan fingerprint density at radius 1 is 1.06 bits per heavy atom. The van der Waals surface area contributed by atoms with Gasteiger partial charge >= 0.3 is 5.97 Å². The molecule has 2 rings (SSSR count). The number of hydrogen-bond acceptors (Lipinski definition) is 2. The van der Waals surface area contributed by atoms with E-state index in [1.165, 1.54) is 0 Å². The van der Waals surface area contributed by atoms with Gasteiger partial charge in [-0.15, -0.1) is 0 Å². The zero-order valence-electron chi connectivity index (χ0n) is 8.68. The minimum atomic E-state index is -0.915. The van der Waals surface area contributed by atoms with Crippen molar-refractivity contribution in [2.24, 2.45) is 0 Å². The number of hydrogen-bond donors (Lipinski definition) is 2. The fraction of sp³-hybridized carbons (Fsp3) is 0.154. The number of benzene rings is 2. The van der Waals surface area contributed by atoms with Crippen LogP contribution in [0.5, 0.6) is 0 Å². The Morgan fingerprint density at radius 3 is 2.44 bits per heavy atom. The van der Waals surface area contributed by atoms with Gasteiger partial charge in [0.05, 0.1) is 5.56 Å². The van der Waals surface area contributed by atoms with Crippen LogP contribution in [0.4, 0.5) is 0 Å². The average molecular weight is 216 g/mol. The van der Waals surface area contributed by atoms with Crippen LogP contribution >= 0.6 is 0 Å². The van der Waals surface area contributed by atoms with Crippen LogP contribution in [-0.4, -0.2) is 22.8 Å². The smallest absolute Gasteiger partial charge is 0.335 e. The molecular weight excluding hydrogens is 204 g/mol. The first-order chi connectivity index (χ1) is 7.70. The van der Waals surface area contributed by atoms with Crippen LogP contribution in [0.3, 0.4) is 0 Å². The zero-order valence-corrected chi connectivity index (χ0v) is 8.68. The Kier molecular flexibility index (Phi) is 2.88. The molecule has 3 nitrogen and oxygen atoms in total. The minimum absolute atomic E-state index is 0.124. The van der Waals surface area contributed by atoms with Crippen molar-refractivity contribution in [2.75, 3.05) is 6.61 Å². The number of fused-ring (bicyclic) bond motifs is 1. The lowest BCUT2D eigenvalue weighted by molar-refractivity contribution is 0.0697. The maximum atomic E-state index is 10.8. The topological polar surface area (TPSA) is 57.5 Å². The van der Waals surface area contributed by atoms with Crippen LogP contribution in [0.25, 0.3) is 10.8 Å². The van der Waals surface area contributed by atoms with Crippen molar-refractivity contribution >= 4 is 16.7 Å². The maximum Gasteiger partial charge on any atom is 0.335 e. The molecule has 2 N–H and O–H groups in total. The highest BCUT2D eigenvalue weighted by atomic mass is 16.4. The van der Waals surface area contributed by atoms with Crippen molar-refractivity contribution in [3.05, 3.63) is 47.5 Å². The molecule has 0 aliphatic rings. The Morgan fingerprint density at radius 2 is 1.75 bits per heavy atom. The summed E-state index contributed by atoms with van der Waals surface area (Å²) in [4.78, 5) is 10.8. The summed E-state index contributed by atoms with van der Waals surface area (Å²) >= 11 is 0. The molecule has 0 fully saturated rings. The first-order valence-corrected chi connectivity index (χ1v) is 5.07. The molecule has 16 heavy (non-hydrogen) atoms. The Hall–Kier alpha value is -1.87. The Balaban J connectivity index is 2.48. The largest absolute Gasteiger partial charge is 0.478 e. The van der Waals surface area contributed by atoms with Gasteiger partial charge < -0.3 is 10.2 Å². The molecular formula is C13H12O3. The van der Waals surface area contributed by atoms with Crippen molar-refractivity contribution in [2.45, 2.75) is 6.42 Å². The van der Waals surface area contributed by atoms with E-state index in [-0.39, 0.29) is 6.61 Å². The highest BCUT2D eigenvalue weighted by molar-refractivity contribution is 5.94. The second kappa shape index (κ2) is 4.33. The lowest BCUT2D eigenvalue weighted by atomic mass is 10.0. The molecule has 82 valence electrons. The molecule has 3 heteroatoms. The van der Waals surface area contributed by atoms with E-state index in [1.54, 1.807) is 18.2 Å². The summed E-state index contributed by atoms with van der Waals surface area (Å²) in [6, 6.07) is 10.8. The molecule has 0 unspecified atom stereocenters. The molecule has 0 saturated carbocycles. The molecule has 0 amide bonds. The summed E-state index contributed by atoms with van der Waals surface area (Å²) in [7, 11) is 0. The standard InChI is InChI=1S/C13H12O3/c14-6-5-9-1-2-11-8-12(13(15)16)4-3-10(11)7-9/h1-4,7-8,14H,5-6H2,(H,15,16). The van der Waals surface area contributed by atoms with Crippen molar-refractivity contribution in [1.29, 1.82) is 0 Å². The number of rotatable bonds is 3. The van der Waals surface area contributed by atoms with Gasteiger partial charge in [-0.2, -0.15) is 0 Å². The number of carbonyl (C=O) groups is 1. The van der Waals surface area contributed by atoms with E-state index in [0.29, 0.717) is 12.0 Å². The van der Waals surface area contributed by atoms with E-state index >= 15 is 0 Å². The summed E-state index contributed by atoms with van der Waals surface area (Å²) in [6.07, 6.45) is 0.622. The van der Waals surface area contributed by atoms with Crippen molar-refractivity contribution in [1.82, 2.24) is 0 Å². The van der Waals surface area contributed by atoms with Gasteiger partial charge in [-0.05, 0) is 34.9 Å². The van der Waals surface area contributed by atoms with Crippen molar-refractivity contribution in [3.63, 3.8) is 0 Å². The van der Waals surface area contributed by atoms with Gasteiger partial charge in [0.2, 0.25) is 0 Å². The Bertz CT molecular complexity index is 532. The number of aliphatic hydroxyl groups excluding tert-OH is 1. The van der Waals surface area contributed by atoms with Gasteiger partial charge in [-0.3, -0.25) is 0 Å². The molecule has 0 atom stereocenters. The van der Waals surface area contributed by atoms with Crippen LogP contribution in [0.2, 0.25) is 0 Å². The lowest BCUT2D eigenvalue weighted by Crippen LogP contribution is -1.95. The van der Waals surface area contributed by atoms with E-state index in [0.717, 1.165) is 16.3 Å². The first kappa shape index (κ1) is 10.6. The predicted octanol–water partition coefficient (Wildman–Crippen LogP) is 2.07. The van der Waals surface area contributed by atoms with Gasteiger partial charge in [-0.25, -0.2) is 4.79 Å². The van der Waals surface area contributed by atoms with Crippen LogP contribution in [0.1, 0.15) is 15.9 Å². The van der Waals surface area contributed by atoms with E-state index in [2.05, 4.69) is 0 Å². The second-order valence-corrected chi connectivity index (χ2v) is 3.68. The summed E-state index contributed by atoms with van der Waals surface area (Å²) in [5.74, 6) is -0.915. The zero-order chi connectivity index (χ0) is 11.5. The quantitative estimate of drug-likeness (QED) is 0.825. The number of aliphatic hydroxyl groups is 1. The summed E-state index contributed by atoms with van der Waals surface area (Å²) in [5.41, 5.74) is 1.35. The third-order valence-electron chi connectivity index (χ3n) is 2.55. The molecule has 0 spiro atoms. The van der Waals surface area contributed by atoms with Crippen molar-refractivity contribution < 1.29 is 15.0 Å². The SMILES string of the molecule is O=C(O)c1ccc2cc(CCO)ccc2c1. The molecule has 0 aliphatic heterocycles. The highest BCUT2D eigenvalue weighted by Gasteiger charge is 2.03. The fourth-order valence-corrected chi connectivity index (χ4v) is 1.71. The van der Waals surface area contributed by atoms with Crippen LogP contribution in [-0.2, 0) is 6.42 Å². The molecule has 2 aromatic rings. The van der Waals surface area contributed by atoms with E-state index in [4.69, 9.17) is 10.2 Å². The van der Waals surface area contributed by atoms with Gasteiger partial charge in [0, 0.05) is 6.61 Å². The van der Waals surface area contributed by atoms with Crippen LogP contribution < -0.4 is 0 Å². The van der Waals surface area contributed by atoms with Crippen molar-refractivity contribution in [3.8, 4) is 0 Å². The molecule has 0 aromatic heterocycles. The summed E-state index contributed by atoms with van der Waals surface area (Å²) in [6.45, 7) is 0.124. The van der Waals surface area contributed by atoms with E-state index in [9.17, 15) is 4.79 Å². The normalized spacial score (nSPS) is 10.6. The number of aromatic carboxylic acids is 1. The van der Waals surface area contributed by atoms with Gasteiger partial charge in [0.1, 0.15) is 0 Å². The van der Waals surface area contributed by atoms with Crippen LogP contribution in [0.15, 0.2) is 36.4 Å². The molecule has 0 radical (unpaired) electrons. The van der Waals surface area contributed by atoms with Gasteiger partial charge in [0.15, 0.2) is 0 Å². The monoisotopic (exact) mass is 216 g/mol. The highest BCUT2D eigenvalue weighted by Crippen LogP contribution is 2.18. The molecule has 0 aliphatic carbocycles. The second-order valence-electron chi connectivity index (χ2n) is 3.68. The van der Waals surface area contributed by atoms with E-state index < -0.39 is 5.97 Å². The summed E-state index contributed by atoms with van der Waals surface area (Å²) in [5, 5.41) is 19.6. The third kappa shape index (κ3) is 2.04. The molecule has 0 bridgehead atoms. The number of carboxylic acid groups (broad SMARTS) is 1. The first-order valence-electron chi connectivity index (χ1n) is 5.07. The van der Waals surface area contributed by atoms with E-state index in [1.807, 2.05) is 18.2 Å². The lowest BCUT2D eigenvalue weighted by Gasteiger charge is -2.03.